The van der Waals surface area contributed by atoms with E-state index in [9.17, 15) is 0 Å². The number of likely N-dealkylation sites (tertiary alicyclic amines) is 1. The molecule has 1 atom stereocenters. The van der Waals surface area contributed by atoms with Gasteiger partial charge in [0.15, 0.2) is 0 Å². The first-order valence-corrected chi connectivity index (χ1v) is 12.6. The lowest BCUT2D eigenvalue weighted by Crippen LogP contribution is -2.42. The van der Waals surface area contributed by atoms with E-state index in [0.29, 0.717) is 12.5 Å². The quantitative estimate of drug-likeness (QED) is 0.745. The van der Waals surface area contributed by atoms with Crippen molar-refractivity contribution in [2.24, 2.45) is 0 Å². The number of aromatic nitrogens is 1. The molecule has 176 valence electrons. The zero-order valence-corrected chi connectivity index (χ0v) is 19.6. The van der Waals surface area contributed by atoms with Crippen LogP contribution in [-0.4, -0.2) is 68.4 Å². The van der Waals surface area contributed by atoms with E-state index in [1.807, 2.05) is 6.20 Å². The Morgan fingerprint density at radius 3 is 2.70 bits per heavy atom. The van der Waals surface area contributed by atoms with Gasteiger partial charge >= 0.3 is 0 Å². The van der Waals surface area contributed by atoms with Crippen LogP contribution >= 0.6 is 0 Å². The number of pyridine rings is 1. The summed E-state index contributed by atoms with van der Waals surface area (Å²) in [5.74, 6) is 2.48. The van der Waals surface area contributed by atoms with Crippen LogP contribution in [0.5, 0.6) is 5.75 Å². The minimum Gasteiger partial charge on any atom is -0.486 e. The normalized spacial score (nSPS) is 23.9. The van der Waals surface area contributed by atoms with Gasteiger partial charge in [0.05, 0.1) is 24.5 Å². The summed E-state index contributed by atoms with van der Waals surface area (Å²) < 4.78 is 11.9. The summed E-state index contributed by atoms with van der Waals surface area (Å²) in [5.41, 5.74) is 6.03. The van der Waals surface area contributed by atoms with Gasteiger partial charge in [-0.05, 0) is 75.0 Å². The molecule has 2 aromatic rings. The first kappa shape index (κ1) is 21.2. The Kier molecular flexibility index (Phi) is 5.86. The number of rotatable bonds is 3. The van der Waals surface area contributed by atoms with Crippen molar-refractivity contribution in [3.63, 3.8) is 0 Å². The Labute approximate surface area is 196 Å². The highest BCUT2D eigenvalue weighted by atomic mass is 16.5. The SMILES string of the molecule is Cc1cc(C2CCN(C3CCNC3)CC2)cc2c1OCc1c(N3CCOCC3)ccnc1N2. The molecule has 1 unspecified atom stereocenters. The van der Waals surface area contributed by atoms with Crippen molar-refractivity contribution in [2.45, 2.75) is 44.8 Å². The van der Waals surface area contributed by atoms with Crippen LogP contribution in [0.15, 0.2) is 24.4 Å². The minimum absolute atomic E-state index is 0.532. The fourth-order valence-electron chi connectivity index (χ4n) is 5.98. The Hall–Kier alpha value is -2.35. The fraction of sp³-hybridized carbons (Fsp3) is 0.577. The van der Waals surface area contributed by atoms with Gasteiger partial charge in [0.1, 0.15) is 18.2 Å². The molecule has 0 spiro atoms. The van der Waals surface area contributed by atoms with E-state index in [-0.39, 0.29) is 0 Å². The maximum absolute atomic E-state index is 6.39. The van der Waals surface area contributed by atoms with E-state index in [4.69, 9.17) is 14.5 Å². The number of morpholine rings is 1. The summed E-state index contributed by atoms with van der Waals surface area (Å²) in [6.07, 6.45) is 5.66. The van der Waals surface area contributed by atoms with Crippen molar-refractivity contribution < 1.29 is 9.47 Å². The van der Waals surface area contributed by atoms with Crippen molar-refractivity contribution >= 4 is 17.2 Å². The molecule has 2 N–H and O–H groups in total. The molecule has 7 nitrogen and oxygen atoms in total. The Morgan fingerprint density at radius 1 is 1.06 bits per heavy atom. The van der Waals surface area contributed by atoms with Crippen molar-refractivity contribution in [1.29, 1.82) is 0 Å². The van der Waals surface area contributed by atoms with Gasteiger partial charge in [0.25, 0.3) is 0 Å². The van der Waals surface area contributed by atoms with Gasteiger partial charge in [-0.25, -0.2) is 4.98 Å². The van der Waals surface area contributed by atoms with Crippen LogP contribution in [0.3, 0.4) is 0 Å². The lowest BCUT2D eigenvalue weighted by atomic mass is 9.87. The molecular weight excluding hydrogens is 414 g/mol. The molecule has 3 saturated heterocycles. The zero-order chi connectivity index (χ0) is 22.2. The highest BCUT2D eigenvalue weighted by Gasteiger charge is 2.29. The number of aryl methyl sites for hydroxylation is 1. The predicted molar refractivity (Wildman–Crippen MR) is 131 cm³/mol. The van der Waals surface area contributed by atoms with E-state index in [1.165, 1.54) is 55.7 Å². The maximum Gasteiger partial charge on any atom is 0.146 e. The third-order valence-electron chi connectivity index (χ3n) is 7.85. The van der Waals surface area contributed by atoms with Crippen molar-refractivity contribution in [3.05, 3.63) is 41.1 Å². The molecule has 4 aliphatic rings. The number of ether oxygens (including phenoxy) is 2. The molecule has 0 bridgehead atoms. The van der Waals surface area contributed by atoms with Gasteiger partial charge in [-0.2, -0.15) is 0 Å². The molecule has 5 heterocycles. The summed E-state index contributed by atoms with van der Waals surface area (Å²) in [5, 5.41) is 7.16. The standard InChI is InChI=1S/C26H35N5O2/c1-18-14-20(19-4-8-30(9-5-19)21-2-6-27-16-21)15-23-25(18)33-17-22-24(3-7-28-26(22)29-23)31-10-12-32-13-11-31/h3,7,14-15,19,21,27H,2,4-6,8-13,16-17H2,1H3,(H,28,29). The molecule has 3 fully saturated rings. The topological polar surface area (TPSA) is 61.9 Å². The van der Waals surface area contributed by atoms with E-state index in [1.54, 1.807) is 0 Å². The van der Waals surface area contributed by atoms with Gasteiger partial charge in [-0.15, -0.1) is 0 Å². The molecule has 6 rings (SSSR count). The molecule has 0 amide bonds. The first-order chi connectivity index (χ1) is 16.3. The lowest BCUT2D eigenvalue weighted by Gasteiger charge is -2.36. The Bertz CT molecular complexity index is 992. The average Bonchev–Trinajstić information content (AvgIpc) is 3.32. The number of piperidine rings is 1. The van der Waals surface area contributed by atoms with E-state index < -0.39 is 0 Å². The molecule has 0 saturated carbocycles. The van der Waals surface area contributed by atoms with Crippen LogP contribution in [0.2, 0.25) is 0 Å². The molecule has 4 aliphatic heterocycles. The number of nitrogens with one attached hydrogen (secondary N) is 2. The summed E-state index contributed by atoms with van der Waals surface area (Å²) in [6.45, 7) is 10.8. The molecule has 7 heteroatoms. The van der Waals surface area contributed by atoms with Crippen molar-refractivity contribution in [3.8, 4) is 5.75 Å². The summed E-state index contributed by atoms with van der Waals surface area (Å²) in [7, 11) is 0. The second kappa shape index (κ2) is 9.12. The monoisotopic (exact) mass is 449 g/mol. The van der Waals surface area contributed by atoms with Gasteiger partial charge in [0.2, 0.25) is 0 Å². The highest BCUT2D eigenvalue weighted by molar-refractivity contribution is 5.74. The number of nitrogens with zero attached hydrogens (tertiary/aromatic N) is 3. The second-order valence-electron chi connectivity index (χ2n) is 9.84. The minimum atomic E-state index is 0.532. The first-order valence-electron chi connectivity index (χ1n) is 12.6. The van der Waals surface area contributed by atoms with Crippen LogP contribution in [0.1, 0.15) is 41.9 Å². The second-order valence-corrected chi connectivity index (χ2v) is 9.84. The molecule has 1 aromatic heterocycles. The third-order valence-corrected chi connectivity index (χ3v) is 7.85. The van der Waals surface area contributed by atoms with Crippen molar-refractivity contribution in [1.82, 2.24) is 15.2 Å². The van der Waals surface area contributed by atoms with E-state index in [2.05, 4.69) is 45.6 Å². The van der Waals surface area contributed by atoms with Crippen LogP contribution in [0.4, 0.5) is 17.2 Å². The van der Waals surface area contributed by atoms with Gasteiger partial charge in [-0.3, -0.25) is 4.90 Å². The third kappa shape index (κ3) is 4.18. The van der Waals surface area contributed by atoms with Crippen LogP contribution in [0, 0.1) is 6.92 Å². The van der Waals surface area contributed by atoms with Gasteiger partial charge in [0, 0.05) is 37.6 Å². The zero-order valence-electron chi connectivity index (χ0n) is 19.6. The molecule has 0 radical (unpaired) electrons. The molecule has 33 heavy (non-hydrogen) atoms. The number of hydrogen-bond acceptors (Lipinski definition) is 7. The average molecular weight is 450 g/mol. The number of benzene rings is 1. The summed E-state index contributed by atoms with van der Waals surface area (Å²) in [6, 6.07) is 7.51. The van der Waals surface area contributed by atoms with Crippen molar-refractivity contribution in [2.75, 3.05) is 62.7 Å². The Balaban J connectivity index is 1.23. The molecular formula is C26H35N5O2. The fourth-order valence-corrected chi connectivity index (χ4v) is 5.98. The number of anilines is 3. The van der Waals surface area contributed by atoms with Crippen LogP contribution in [-0.2, 0) is 11.3 Å². The van der Waals surface area contributed by atoms with Gasteiger partial charge < -0.3 is 25.0 Å². The van der Waals surface area contributed by atoms with E-state index >= 15 is 0 Å². The highest BCUT2D eigenvalue weighted by Crippen LogP contribution is 2.42. The number of hydrogen-bond donors (Lipinski definition) is 2. The molecule has 1 aromatic carbocycles. The van der Waals surface area contributed by atoms with Gasteiger partial charge in [-0.1, -0.05) is 6.07 Å². The maximum atomic E-state index is 6.39. The van der Waals surface area contributed by atoms with Crippen LogP contribution in [0.25, 0.3) is 0 Å². The number of fused-ring (bicyclic) bond motifs is 2. The predicted octanol–water partition coefficient (Wildman–Crippen LogP) is 3.40. The molecule has 0 aliphatic carbocycles. The summed E-state index contributed by atoms with van der Waals surface area (Å²) >= 11 is 0. The van der Waals surface area contributed by atoms with Crippen LogP contribution < -0.4 is 20.3 Å². The Morgan fingerprint density at radius 2 is 1.91 bits per heavy atom. The smallest absolute Gasteiger partial charge is 0.146 e. The largest absolute Gasteiger partial charge is 0.486 e. The summed E-state index contributed by atoms with van der Waals surface area (Å²) in [4.78, 5) is 9.78. The lowest BCUT2D eigenvalue weighted by molar-refractivity contribution is 0.122. The van der Waals surface area contributed by atoms with E-state index in [0.717, 1.165) is 61.7 Å².